The topological polar surface area (TPSA) is 68.3 Å². The highest BCUT2D eigenvalue weighted by atomic mass is 32.1. The van der Waals surface area contributed by atoms with Crippen LogP contribution in [0.4, 0.5) is 5.13 Å². The number of carbonyl (C=O) groups is 2. The third kappa shape index (κ3) is 2.61. The number of amides is 1. The van der Waals surface area contributed by atoms with E-state index in [1.165, 1.54) is 29.6 Å². The van der Waals surface area contributed by atoms with E-state index in [-0.39, 0.29) is 11.7 Å². The number of benzene rings is 1. The Kier molecular flexibility index (Phi) is 3.66. The molecule has 1 aliphatic heterocycles. The van der Waals surface area contributed by atoms with Gasteiger partial charge in [0.2, 0.25) is 0 Å². The summed E-state index contributed by atoms with van der Waals surface area (Å²) < 4.78 is 5.72. The number of hydrogen-bond acceptors (Lipinski definition) is 6. The molecule has 1 amide bonds. The van der Waals surface area contributed by atoms with Gasteiger partial charge in [0, 0.05) is 28.3 Å². The Balaban J connectivity index is 1.61. The maximum absolute atomic E-state index is 12.5. The van der Waals surface area contributed by atoms with Gasteiger partial charge in [-0.2, -0.15) is 0 Å². The van der Waals surface area contributed by atoms with Gasteiger partial charge in [-0.05, 0) is 18.2 Å². The lowest BCUT2D eigenvalue weighted by molar-refractivity contribution is 0.100. The van der Waals surface area contributed by atoms with Crippen LogP contribution in [-0.2, 0) is 6.61 Å². The minimum atomic E-state index is -0.226. The van der Waals surface area contributed by atoms with Crippen LogP contribution in [0.5, 0.6) is 5.75 Å². The van der Waals surface area contributed by atoms with Crippen molar-refractivity contribution in [2.24, 2.45) is 0 Å². The van der Waals surface area contributed by atoms with Crippen LogP contribution in [-0.4, -0.2) is 16.7 Å². The molecule has 2 aromatic heterocycles. The average Bonchev–Trinajstić information content (AvgIpc) is 3.21. The molecule has 1 aromatic carbocycles. The summed E-state index contributed by atoms with van der Waals surface area (Å²) in [6.45, 7) is 1.91. The number of ether oxygens (including phenoxy) is 1. The molecule has 3 aromatic rings. The van der Waals surface area contributed by atoms with Crippen LogP contribution < -0.4 is 10.1 Å². The molecule has 0 radical (unpaired) electrons. The third-order valence-corrected chi connectivity index (χ3v) is 5.60. The number of anilines is 1. The van der Waals surface area contributed by atoms with E-state index < -0.39 is 0 Å². The first kappa shape index (κ1) is 15.0. The molecular weight excluding hydrogens is 344 g/mol. The van der Waals surface area contributed by atoms with Gasteiger partial charge in [0.25, 0.3) is 5.91 Å². The number of para-hydroxylation sites is 1. The Labute approximate surface area is 145 Å². The zero-order valence-corrected chi connectivity index (χ0v) is 14.3. The summed E-state index contributed by atoms with van der Waals surface area (Å²) in [6.07, 6.45) is 0. The fourth-order valence-electron chi connectivity index (χ4n) is 2.46. The molecule has 0 aliphatic carbocycles. The summed E-state index contributed by atoms with van der Waals surface area (Å²) in [5.74, 6) is 0.494. The van der Waals surface area contributed by atoms with Crippen molar-refractivity contribution in [3.63, 3.8) is 0 Å². The molecule has 1 N–H and O–H groups in total. The second-order valence-corrected chi connectivity index (χ2v) is 7.21. The average molecular weight is 356 g/mol. The minimum absolute atomic E-state index is 0.118. The highest BCUT2D eigenvalue weighted by Crippen LogP contribution is 2.42. The van der Waals surface area contributed by atoms with Gasteiger partial charge in [-0.3, -0.25) is 14.9 Å². The molecule has 0 unspecified atom stereocenters. The second kappa shape index (κ2) is 5.85. The lowest BCUT2D eigenvalue weighted by atomic mass is 10.1. The number of hydrogen-bond donors (Lipinski definition) is 1. The van der Waals surface area contributed by atoms with Crippen molar-refractivity contribution in [2.45, 2.75) is 13.5 Å². The molecule has 1 aliphatic rings. The van der Waals surface area contributed by atoms with Crippen molar-refractivity contribution < 1.29 is 14.3 Å². The molecule has 4 rings (SSSR count). The highest BCUT2D eigenvalue weighted by molar-refractivity contribution is 7.18. The summed E-state index contributed by atoms with van der Waals surface area (Å²) in [4.78, 5) is 29.5. The Bertz CT molecular complexity index is 958. The quantitative estimate of drug-likeness (QED) is 0.714. The van der Waals surface area contributed by atoms with Gasteiger partial charge in [-0.25, -0.2) is 4.98 Å². The van der Waals surface area contributed by atoms with Crippen LogP contribution in [0.25, 0.3) is 10.4 Å². The second-order valence-electron chi connectivity index (χ2n) is 5.30. The molecular formula is C17H12N2O3S2. The first-order chi connectivity index (χ1) is 11.6. The molecule has 3 heterocycles. The fraction of sp³-hybridized carbons (Fsp3) is 0.118. The summed E-state index contributed by atoms with van der Waals surface area (Å²) in [6, 6.07) is 9.66. The number of thiazole rings is 1. The lowest BCUT2D eigenvalue weighted by Crippen LogP contribution is -2.10. The Hall–Kier alpha value is -2.51. The molecule has 0 bridgehead atoms. The number of nitrogens with one attached hydrogen (secondary N) is 1. The first-order valence-corrected chi connectivity index (χ1v) is 8.94. The number of rotatable bonds is 3. The highest BCUT2D eigenvalue weighted by Gasteiger charge is 2.22. The predicted molar refractivity (Wildman–Crippen MR) is 94.2 cm³/mol. The normalized spacial score (nSPS) is 12.0. The Morgan fingerprint density at radius 1 is 1.29 bits per heavy atom. The maximum Gasteiger partial charge on any atom is 0.267 e. The molecule has 0 atom stereocenters. The maximum atomic E-state index is 12.5. The van der Waals surface area contributed by atoms with E-state index in [0.717, 1.165) is 21.8 Å². The van der Waals surface area contributed by atoms with Gasteiger partial charge >= 0.3 is 0 Å². The molecule has 0 spiro atoms. The van der Waals surface area contributed by atoms with E-state index in [2.05, 4.69) is 10.3 Å². The zero-order valence-electron chi connectivity index (χ0n) is 12.7. The van der Waals surface area contributed by atoms with Crippen LogP contribution in [0.3, 0.4) is 0 Å². The van der Waals surface area contributed by atoms with Crippen LogP contribution in [0.2, 0.25) is 0 Å². The zero-order chi connectivity index (χ0) is 16.7. The van der Waals surface area contributed by atoms with E-state index >= 15 is 0 Å². The fourth-order valence-corrected chi connectivity index (χ4v) is 4.30. The van der Waals surface area contributed by atoms with Crippen molar-refractivity contribution in [2.75, 3.05) is 5.32 Å². The lowest BCUT2D eigenvalue weighted by Gasteiger charge is -2.16. The monoisotopic (exact) mass is 356 g/mol. The van der Waals surface area contributed by atoms with Crippen molar-refractivity contribution in [3.05, 3.63) is 51.8 Å². The number of nitrogens with zero attached hydrogens (tertiary/aromatic N) is 1. The van der Waals surface area contributed by atoms with Crippen LogP contribution in [0.15, 0.2) is 35.7 Å². The van der Waals surface area contributed by atoms with Gasteiger partial charge in [-0.15, -0.1) is 22.7 Å². The van der Waals surface area contributed by atoms with E-state index in [9.17, 15) is 9.59 Å². The van der Waals surface area contributed by atoms with Crippen molar-refractivity contribution in [1.82, 2.24) is 4.98 Å². The Morgan fingerprint density at radius 2 is 2.12 bits per heavy atom. The van der Waals surface area contributed by atoms with Gasteiger partial charge in [0.05, 0.1) is 4.88 Å². The van der Waals surface area contributed by atoms with Gasteiger partial charge in [0.15, 0.2) is 10.9 Å². The number of fused-ring (bicyclic) bond motifs is 3. The number of carbonyl (C=O) groups excluding carboxylic acids is 2. The summed E-state index contributed by atoms with van der Waals surface area (Å²) in [5, 5.41) is 4.82. The number of ketones is 1. The van der Waals surface area contributed by atoms with E-state index in [1.54, 1.807) is 5.38 Å². The first-order valence-electron chi connectivity index (χ1n) is 7.24. The molecule has 24 heavy (non-hydrogen) atoms. The molecule has 0 fully saturated rings. The smallest absolute Gasteiger partial charge is 0.267 e. The van der Waals surface area contributed by atoms with Crippen LogP contribution in [0.1, 0.15) is 32.6 Å². The molecule has 120 valence electrons. The molecule has 7 heteroatoms. The number of aromatic nitrogens is 1. The van der Waals surface area contributed by atoms with E-state index in [0.29, 0.717) is 22.3 Å². The largest absolute Gasteiger partial charge is 0.488 e. The minimum Gasteiger partial charge on any atom is -0.488 e. The van der Waals surface area contributed by atoms with Gasteiger partial charge < -0.3 is 4.74 Å². The van der Waals surface area contributed by atoms with E-state index in [1.807, 2.05) is 30.3 Å². The number of thiophene rings is 1. The van der Waals surface area contributed by atoms with Crippen molar-refractivity contribution in [1.29, 1.82) is 0 Å². The summed E-state index contributed by atoms with van der Waals surface area (Å²) in [7, 11) is 0. The van der Waals surface area contributed by atoms with Gasteiger partial charge in [-0.1, -0.05) is 12.1 Å². The molecule has 5 nitrogen and oxygen atoms in total. The summed E-state index contributed by atoms with van der Waals surface area (Å²) >= 11 is 2.68. The SMILES string of the molecule is CC(=O)c1csc(NC(=O)c2cc3c(s2)-c2ccccc2OC3)n1. The van der Waals surface area contributed by atoms with Crippen LogP contribution in [0, 0.1) is 0 Å². The van der Waals surface area contributed by atoms with Crippen molar-refractivity contribution >= 4 is 39.5 Å². The third-order valence-electron chi connectivity index (χ3n) is 3.63. The summed E-state index contributed by atoms with van der Waals surface area (Å²) in [5.41, 5.74) is 2.38. The van der Waals surface area contributed by atoms with Crippen LogP contribution >= 0.6 is 22.7 Å². The predicted octanol–water partition coefficient (Wildman–Crippen LogP) is 4.22. The van der Waals surface area contributed by atoms with E-state index in [4.69, 9.17) is 4.74 Å². The standard InChI is InChI=1S/C17H12N2O3S2/c1-9(20)12-8-23-17(18-12)19-16(21)14-6-10-7-22-13-5-3-2-4-11(13)15(10)24-14/h2-6,8H,7H2,1H3,(H,18,19,21). The number of Topliss-reactive ketones (excluding diaryl/α,β-unsaturated/α-hetero) is 1. The van der Waals surface area contributed by atoms with Crippen molar-refractivity contribution in [3.8, 4) is 16.2 Å². The molecule has 0 saturated heterocycles. The van der Waals surface area contributed by atoms with Gasteiger partial charge in [0.1, 0.15) is 18.1 Å². The molecule has 0 saturated carbocycles. The Morgan fingerprint density at radius 3 is 2.92 bits per heavy atom.